The van der Waals surface area contributed by atoms with Crippen molar-refractivity contribution in [2.24, 2.45) is 5.41 Å². The first-order chi connectivity index (χ1) is 16.9. The highest BCUT2D eigenvalue weighted by molar-refractivity contribution is 5.80. The molecule has 3 aromatic rings. The van der Waals surface area contributed by atoms with E-state index in [4.69, 9.17) is 4.52 Å². The number of aromatic nitrogens is 3. The van der Waals surface area contributed by atoms with Crippen LogP contribution in [-0.4, -0.2) is 69.7 Å². The molecule has 36 heavy (non-hydrogen) atoms. The van der Waals surface area contributed by atoms with Gasteiger partial charge in [-0.1, -0.05) is 50.2 Å². The van der Waals surface area contributed by atoms with Gasteiger partial charge in [-0.15, -0.1) is 0 Å². The molecule has 8 heteroatoms. The number of rotatable bonds is 6. The summed E-state index contributed by atoms with van der Waals surface area (Å²) in [7, 11) is 3.84. The first-order valence-corrected chi connectivity index (χ1v) is 12.5. The highest BCUT2D eigenvalue weighted by Crippen LogP contribution is 2.50. The fourth-order valence-electron chi connectivity index (χ4n) is 5.97. The molecule has 0 bridgehead atoms. The van der Waals surface area contributed by atoms with Crippen LogP contribution in [0.2, 0.25) is 0 Å². The van der Waals surface area contributed by atoms with Gasteiger partial charge in [0.2, 0.25) is 17.6 Å². The molecule has 1 amide bonds. The van der Waals surface area contributed by atoms with Crippen molar-refractivity contribution in [1.29, 1.82) is 0 Å². The molecule has 1 N–H and O–H groups in total. The number of likely N-dealkylation sites (tertiary alicyclic amines) is 2. The van der Waals surface area contributed by atoms with E-state index >= 15 is 0 Å². The van der Waals surface area contributed by atoms with Gasteiger partial charge in [-0.3, -0.25) is 9.78 Å². The second-order valence-corrected chi connectivity index (χ2v) is 11.6. The topological polar surface area (TPSA) is 95.6 Å². The van der Waals surface area contributed by atoms with Gasteiger partial charge in [0.05, 0.1) is 5.41 Å². The molecule has 0 spiro atoms. The quantitative estimate of drug-likeness (QED) is 0.566. The summed E-state index contributed by atoms with van der Waals surface area (Å²) in [6.07, 6.45) is 3.75. The predicted molar refractivity (Wildman–Crippen MR) is 136 cm³/mol. The van der Waals surface area contributed by atoms with Gasteiger partial charge < -0.3 is 19.4 Å². The van der Waals surface area contributed by atoms with Crippen molar-refractivity contribution in [3.63, 3.8) is 0 Å². The zero-order valence-electron chi connectivity index (χ0n) is 21.9. The fraction of sp³-hybridized carbons (Fsp3) is 0.500. The summed E-state index contributed by atoms with van der Waals surface area (Å²) >= 11 is 0. The van der Waals surface area contributed by atoms with Crippen LogP contribution >= 0.6 is 0 Å². The Morgan fingerprint density at radius 2 is 1.75 bits per heavy atom. The molecule has 2 atom stereocenters. The maximum atomic E-state index is 12.5. The number of carbonyl (C=O) groups excluding carboxylic acids is 1. The highest BCUT2D eigenvalue weighted by Gasteiger charge is 2.55. The Morgan fingerprint density at radius 3 is 2.33 bits per heavy atom. The zero-order chi connectivity index (χ0) is 25.9. The van der Waals surface area contributed by atoms with E-state index in [-0.39, 0.29) is 5.91 Å². The van der Waals surface area contributed by atoms with Gasteiger partial charge in [0.15, 0.2) is 0 Å². The van der Waals surface area contributed by atoms with Crippen LogP contribution < -0.4 is 0 Å². The monoisotopic (exact) mass is 489 g/mol. The van der Waals surface area contributed by atoms with Crippen LogP contribution in [0, 0.1) is 5.41 Å². The van der Waals surface area contributed by atoms with Gasteiger partial charge in [-0.05, 0) is 37.1 Å². The van der Waals surface area contributed by atoms with E-state index in [1.54, 1.807) is 24.3 Å². The molecule has 2 fully saturated rings. The van der Waals surface area contributed by atoms with Crippen LogP contribution in [0.3, 0.4) is 0 Å². The number of benzene rings is 1. The summed E-state index contributed by atoms with van der Waals surface area (Å²) < 4.78 is 5.63. The second kappa shape index (κ2) is 8.49. The summed E-state index contributed by atoms with van der Waals surface area (Å²) in [5.41, 5.74) is 1.26. The lowest BCUT2D eigenvalue weighted by Gasteiger charge is -2.55. The molecule has 0 radical (unpaired) electrons. The molecular weight excluding hydrogens is 454 g/mol. The number of hydrogen-bond acceptors (Lipinski definition) is 7. The van der Waals surface area contributed by atoms with E-state index in [1.165, 1.54) is 5.56 Å². The Kier molecular flexibility index (Phi) is 5.80. The number of nitrogens with zero attached hydrogens (tertiary/aromatic N) is 5. The van der Waals surface area contributed by atoms with Crippen molar-refractivity contribution in [2.45, 2.75) is 51.0 Å². The van der Waals surface area contributed by atoms with Crippen LogP contribution in [0.15, 0.2) is 47.2 Å². The van der Waals surface area contributed by atoms with Crippen LogP contribution in [0.1, 0.15) is 62.6 Å². The van der Waals surface area contributed by atoms with E-state index in [0.29, 0.717) is 41.7 Å². The molecule has 2 unspecified atom stereocenters. The summed E-state index contributed by atoms with van der Waals surface area (Å²) in [5.74, 6) is 1.31. The summed E-state index contributed by atoms with van der Waals surface area (Å²) in [6.45, 7) is 10.5. The van der Waals surface area contributed by atoms with Gasteiger partial charge in [0.25, 0.3) is 0 Å². The molecule has 5 rings (SSSR count). The number of pyridine rings is 1. The predicted octanol–water partition coefficient (Wildman–Crippen LogP) is 3.56. The average molecular weight is 490 g/mol. The highest BCUT2D eigenvalue weighted by atomic mass is 16.5. The van der Waals surface area contributed by atoms with Gasteiger partial charge in [-0.2, -0.15) is 4.98 Å². The van der Waals surface area contributed by atoms with Crippen molar-refractivity contribution in [2.75, 3.05) is 33.7 Å². The zero-order valence-corrected chi connectivity index (χ0v) is 21.9. The molecule has 8 nitrogen and oxygen atoms in total. The SMILES string of the molecule is CC(C)c1ccc(C(O)(c2cncc(-c3noc(C4(C)CC(=O)N(C)C4)n3)c2)C2(C)CN(C)C2)cc1. The molecule has 2 saturated heterocycles. The Hall–Kier alpha value is -3.10. The number of aliphatic hydroxyl groups is 1. The standard InChI is InChI=1S/C28H35N5O3/c1-18(2)19-7-9-21(10-8-19)28(35,27(4)16-32(5)17-27)22-11-20(13-29-14-22)24-30-25(36-31-24)26(3)12-23(34)33(6)15-26/h7-11,13-14,18,35H,12,15-17H2,1-6H3. The molecule has 0 saturated carbocycles. The van der Waals surface area contributed by atoms with E-state index in [9.17, 15) is 9.90 Å². The number of amides is 1. The van der Waals surface area contributed by atoms with Crippen LogP contribution in [0.25, 0.3) is 11.4 Å². The Morgan fingerprint density at radius 1 is 1.06 bits per heavy atom. The lowest BCUT2D eigenvalue weighted by Crippen LogP contribution is -2.63. The molecule has 2 aliphatic rings. The Balaban J connectivity index is 1.54. The van der Waals surface area contributed by atoms with E-state index in [2.05, 4.69) is 60.0 Å². The maximum absolute atomic E-state index is 12.5. The Bertz CT molecular complexity index is 1280. The van der Waals surface area contributed by atoms with Gasteiger partial charge >= 0.3 is 0 Å². The van der Waals surface area contributed by atoms with Crippen molar-refractivity contribution in [3.05, 3.63) is 65.3 Å². The van der Waals surface area contributed by atoms with E-state index < -0.39 is 16.4 Å². The third kappa shape index (κ3) is 3.83. The van der Waals surface area contributed by atoms with Gasteiger partial charge in [0, 0.05) is 62.0 Å². The fourth-order valence-corrected chi connectivity index (χ4v) is 5.97. The smallest absolute Gasteiger partial charge is 0.235 e. The molecule has 4 heterocycles. The minimum absolute atomic E-state index is 0.0631. The van der Waals surface area contributed by atoms with Crippen molar-refractivity contribution in [1.82, 2.24) is 24.9 Å². The molecular formula is C28H35N5O3. The third-order valence-electron chi connectivity index (χ3n) is 8.02. The summed E-state index contributed by atoms with van der Waals surface area (Å²) in [5, 5.41) is 16.7. The number of likely N-dealkylation sites (N-methyl/N-ethyl adjacent to an activating group) is 1. The normalized spacial score (nSPS) is 23.7. The van der Waals surface area contributed by atoms with Crippen molar-refractivity contribution >= 4 is 5.91 Å². The summed E-state index contributed by atoms with van der Waals surface area (Å²) in [6, 6.07) is 10.2. The largest absolute Gasteiger partial charge is 0.380 e. The number of carbonyl (C=O) groups is 1. The average Bonchev–Trinajstić information content (AvgIpc) is 3.43. The Labute approximate surface area is 212 Å². The first-order valence-electron chi connectivity index (χ1n) is 12.5. The van der Waals surface area contributed by atoms with E-state index in [1.807, 2.05) is 25.1 Å². The van der Waals surface area contributed by atoms with E-state index in [0.717, 1.165) is 18.7 Å². The minimum atomic E-state index is -1.25. The molecule has 190 valence electrons. The third-order valence-corrected chi connectivity index (χ3v) is 8.02. The van der Waals surface area contributed by atoms with Crippen molar-refractivity contribution in [3.8, 4) is 11.4 Å². The van der Waals surface area contributed by atoms with Crippen LogP contribution in [0.4, 0.5) is 0 Å². The lowest BCUT2D eigenvalue weighted by molar-refractivity contribution is -0.127. The first kappa shape index (κ1) is 24.6. The van der Waals surface area contributed by atoms with Crippen LogP contribution in [0.5, 0.6) is 0 Å². The maximum Gasteiger partial charge on any atom is 0.235 e. The van der Waals surface area contributed by atoms with Gasteiger partial charge in [-0.25, -0.2) is 0 Å². The van der Waals surface area contributed by atoms with Crippen molar-refractivity contribution < 1.29 is 14.4 Å². The molecule has 0 aliphatic carbocycles. The molecule has 2 aliphatic heterocycles. The lowest BCUT2D eigenvalue weighted by atomic mass is 9.62. The summed E-state index contributed by atoms with van der Waals surface area (Å²) in [4.78, 5) is 25.2. The molecule has 1 aromatic carbocycles. The second-order valence-electron chi connectivity index (χ2n) is 11.6. The minimum Gasteiger partial charge on any atom is -0.380 e. The van der Waals surface area contributed by atoms with Gasteiger partial charge in [0.1, 0.15) is 5.60 Å². The number of hydrogen-bond donors (Lipinski definition) is 1. The van der Waals surface area contributed by atoms with Crippen LogP contribution in [-0.2, 0) is 15.8 Å². The molecule has 2 aromatic heterocycles.